The van der Waals surface area contributed by atoms with Crippen LogP contribution in [-0.2, 0) is 0 Å². The molecule has 0 radical (unpaired) electrons. The third-order valence-electron chi connectivity index (χ3n) is 2.94. The van der Waals surface area contributed by atoms with Gasteiger partial charge >= 0.3 is 0 Å². The molecule has 0 aliphatic heterocycles. The van der Waals surface area contributed by atoms with Crippen molar-refractivity contribution < 1.29 is 9.53 Å². The monoisotopic (exact) mass is 300 g/mol. The number of hydrogen-bond acceptors (Lipinski definition) is 5. The Hall–Kier alpha value is -2.63. The molecule has 2 aromatic rings. The third-order valence-corrected chi connectivity index (χ3v) is 2.94. The Balaban J connectivity index is 2.26. The predicted octanol–water partition coefficient (Wildman–Crippen LogP) is 2.26. The van der Waals surface area contributed by atoms with Crippen LogP contribution in [0.2, 0.25) is 0 Å². The number of hydrogen-bond donors (Lipinski definition) is 2. The van der Waals surface area contributed by atoms with Gasteiger partial charge in [-0.25, -0.2) is 9.97 Å². The zero-order valence-electron chi connectivity index (χ0n) is 12.8. The van der Waals surface area contributed by atoms with Crippen molar-refractivity contribution in [1.82, 2.24) is 15.3 Å². The van der Waals surface area contributed by atoms with Crippen LogP contribution in [0.1, 0.15) is 30.8 Å². The maximum Gasteiger partial charge on any atom is 0.270 e. The Morgan fingerprint density at radius 1 is 1.23 bits per heavy atom. The molecule has 116 valence electrons. The van der Waals surface area contributed by atoms with Crippen molar-refractivity contribution in [3.63, 3.8) is 0 Å². The number of ether oxygens (including phenoxy) is 1. The van der Waals surface area contributed by atoms with Crippen LogP contribution < -0.4 is 15.8 Å². The van der Waals surface area contributed by atoms with Gasteiger partial charge in [-0.3, -0.25) is 4.79 Å². The molecule has 0 aliphatic rings. The van der Waals surface area contributed by atoms with Crippen LogP contribution in [0.4, 0.5) is 5.95 Å². The lowest BCUT2D eigenvalue weighted by Crippen LogP contribution is -2.24. The summed E-state index contributed by atoms with van der Waals surface area (Å²) in [4.78, 5) is 20.0. The van der Waals surface area contributed by atoms with E-state index in [1.165, 1.54) is 0 Å². The summed E-state index contributed by atoms with van der Waals surface area (Å²) in [6.45, 7) is 5.11. The van der Waals surface area contributed by atoms with Gasteiger partial charge in [-0.05, 0) is 43.7 Å². The molecule has 3 N–H and O–H groups in total. The van der Waals surface area contributed by atoms with Crippen molar-refractivity contribution >= 4 is 11.9 Å². The SMILES string of the molecule is CCCOc1ccc(-c2cc(C(=O)NCC)nc(N)n2)cc1. The van der Waals surface area contributed by atoms with Crippen LogP contribution in [0, 0.1) is 0 Å². The molecule has 0 spiro atoms. The van der Waals surface area contributed by atoms with Gasteiger partial charge in [0.25, 0.3) is 5.91 Å². The topological polar surface area (TPSA) is 90.1 Å². The largest absolute Gasteiger partial charge is 0.494 e. The number of nitrogens with one attached hydrogen (secondary N) is 1. The Morgan fingerprint density at radius 3 is 2.59 bits per heavy atom. The first kappa shape index (κ1) is 15.8. The Labute approximate surface area is 129 Å². The Bertz CT molecular complexity index is 641. The molecule has 1 amide bonds. The van der Waals surface area contributed by atoms with Crippen molar-refractivity contribution in [3.8, 4) is 17.0 Å². The highest BCUT2D eigenvalue weighted by atomic mass is 16.5. The molecule has 0 fully saturated rings. The van der Waals surface area contributed by atoms with E-state index in [1.807, 2.05) is 31.2 Å². The molecular weight excluding hydrogens is 280 g/mol. The van der Waals surface area contributed by atoms with E-state index < -0.39 is 0 Å². The molecule has 0 unspecified atom stereocenters. The summed E-state index contributed by atoms with van der Waals surface area (Å²) >= 11 is 0. The second-order valence-electron chi connectivity index (χ2n) is 4.73. The number of nitrogens with two attached hydrogens (primary N) is 1. The van der Waals surface area contributed by atoms with E-state index in [2.05, 4.69) is 22.2 Å². The van der Waals surface area contributed by atoms with Crippen LogP contribution in [-0.4, -0.2) is 29.0 Å². The minimum Gasteiger partial charge on any atom is -0.494 e. The van der Waals surface area contributed by atoms with E-state index in [0.29, 0.717) is 18.8 Å². The first-order valence-corrected chi connectivity index (χ1v) is 7.30. The smallest absolute Gasteiger partial charge is 0.270 e. The van der Waals surface area contributed by atoms with E-state index in [1.54, 1.807) is 6.07 Å². The van der Waals surface area contributed by atoms with Gasteiger partial charge < -0.3 is 15.8 Å². The summed E-state index contributed by atoms with van der Waals surface area (Å²) in [5.41, 5.74) is 7.42. The minimum absolute atomic E-state index is 0.0741. The zero-order valence-corrected chi connectivity index (χ0v) is 12.8. The van der Waals surface area contributed by atoms with E-state index in [4.69, 9.17) is 10.5 Å². The van der Waals surface area contributed by atoms with E-state index in [0.717, 1.165) is 17.7 Å². The van der Waals surface area contributed by atoms with Crippen LogP contribution in [0.5, 0.6) is 5.75 Å². The third kappa shape index (κ3) is 3.94. The fourth-order valence-electron chi connectivity index (χ4n) is 1.92. The molecule has 0 saturated carbocycles. The Morgan fingerprint density at radius 2 is 1.95 bits per heavy atom. The molecule has 0 aliphatic carbocycles. The second-order valence-corrected chi connectivity index (χ2v) is 4.73. The first-order chi connectivity index (χ1) is 10.6. The quantitative estimate of drug-likeness (QED) is 0.854. The van der Waals surface area contributed by atoms with Crippen molar-refractivity contribution in [2.75, 3.05) is 18.9 Å². The maximum absolute atomic E-state index is 11.9. The molecule has 6 nitrogen and oxygen atoms in total. The summed E-state index contributed by atoms with van der Waals surface area (Å²) in [5.74, 6) is 0.613. The van der Waals surface area contributed by atoms with Gasteiger partial charge in [0.1, 0.15) is 11.4 Å². The molecule has 1 aromatic carbocycles. The maximum atomic E-state index is 11.9. The lowest BCUT2D eigenvalue weighted by atomic mass is 10.1. The summed E-state index contributed by atoms with van der Waals surface area (Å²) in [6.07, 6.45) is 0.958. The van der Waals surface area contributed by atoms with Gasteiger partial charge in [0.15, 0.2) is 0 Å². The summed E-state index contributed by atoms with van der Waals surface area (Å²) in [5, 5.41) is 2.70. The number of rotatable bonds is 6. The fourth-order valence-corrected chi connectivity index (χ4v) is 1.92. The van der Waals surface area contributed by atoms with Gasteiger partial charge in [0.05, 0.1) is 12.3 Å². The highest BCUT2D eigenvalue weighted by molar-refractivity contribution is 5.93. The normalized spacial score (nSPS) is 10.3. The summed E-state index contributed by atoms with van der Waals surface area (Å²) in [6, 6.07) is 9.13. The van der Waals surface area contributed by atoms with Crippen molar-refractivity contribution in [2.24, 2.45) is 0 Å². The van der Waals surface area contributed by atoms with Crippen LogP contribution in [0.25, 0.3) is 11.3 Å². The molecular formula is C16H20N4O2. The number of nitrogens with zero attached hydrogens (tertiary/aromatic N) is 2. The highest BCUT2D eigenvalue weighted by Gasteiger charge is 2.11. The first-order valence-electron chi connectivity index (χ1n) is 7.30. The van der Waals surface area contributed by atoms with E-state index in [9.17, 15) is 4.79 Å². The fraction of sp³-hybridized carbons (Fsp3) is 0.312. The van der Waals surface area contributed by atoms with Crippen molar-refractivity contribution in [3.05, 3.63) is 36.0 Å². The van der Waals surface area contributed by atoms with Crippen LogP contribution >= 0.6 is 0 Å². The Kier molecular flexibility index (Phi) is 5.30. The molecule has 6 heteroatoms. The van der Waals surface area contributed by atoms with Crippen molar-refractivity contribution in [1.29, 1.82) is 0 Å². The molecule has 0 saturated heterocycles. The molecule has 0 bridgehead atoms. The molecule has 1 heterocycles. The number of benzene rings is 1. The van der Waals surface area contributed by atoms with Crippen molar-refractivity contribution in [2.45, 2.75) is 20.3 Å². The van der Waals surface area contributed by atoms with Crippen LogP contribution in [0.3, 0.4) is 0 Å². The average Bonchev–Trinajstić information content (AvgIpc) is 2.53. The summed E-state index contributed by atoms with van der Waals surface area (Å²) < 4.78 is 5.54. The lowest BCUT2D eigenvalue weighted by molar-refractivity contribution is 0.0951. The molecule has 0 atom stereocenters. The van der Waals surface area contributed by atoms with Gasteiger partial charge in [-0.1, -0.05) is 6.92 Å². The predicted molar refractivity (Wildman–Crippen MR) is 85.7 cm³/mol. The molecule has 1 aromatic heterocycles. The molecule has 22 heavy (non-hydrogen) atoms. The average molecular weight is 300 g/mol. The minimum atomic E-state index is -0.263. The zero-order chi connectivity index (χ0) is 15.9. The number of carbonyl (C=O) groups is 1. The molecule has 2 rings (SSSR count). The number of aromatic nitrogens is 2. The number of anilines is 1. The second kappa shape index (κ2) is 7.40. The number of carbonyl (C=O) groups excluding carboxylic acids is 1. The van der Waals surface area contributed by atoms with Gasteiger partial charge in [-0.2, -0.15) is 0 Å². The van der Waals surface area contributed by atoms with Gasteiger partial charge in [-0.15, -0.1) is 0 Å². The van der Waals surface area contributed by atoms with Crippen LogP contribution in [0.15, 0.2) is 30.3 Å². The van der Waals surface area contributed by atoms with E-state index >= 15 is 0 Å². The summed E-state index contributed by atoms with van der Waals surface area (Å²) in [7, 11) is 0. The van der Waals surface area contributed by atoms with E-state index in [-0.39, 0.29) is 17.5 Å². The number of amides is 1. The van der Waals surface area contributed by atoms with Gasteiger partial charge in [0, 0.05) is 12.1 Å². The lowest BCUT2D eigenvalue weighted by Gasteiger charge is -2.08. The number of nitrogen functional groups attached to an aromatic ring is 1. The standard InChI is InChI=1S/C16H20N4O2/c1-3-9-22-12-7-5-11(6-8-12)13-10-14(15(21)18-4-2)20-16(17)19-13/h5-8,10H,3-4,9H2,1-2H3,(H,18,21)(H2,17,19,20). The van der Waals surface area contributed by atoms with Gasteiger partial charge in [0.2, 0.25) is 5.95 Å². The highest BCUT2D eigenvalue weighted by Crippen LogP contribution is 2.22.